The van der Waals surface area contributed by atoms with Crippen LogP contribution < -0.4 is 5.32 Å². The van der Waals surface area contributed by atoms with Crippen LogP contribution >= 0.6 is 0 Å². The SMILES string of the molecule is CCN1CCCC(C(C)NCCO)C1. The molecule has 0 amide bonds. The van der Waals surface area contributed by atoms with Gasteiger partial charge in [-0.05, 0) is 38.8 Å². The topological polar surface area (TPSA) is 35.5 Å². The predicted octanol–water partition coefficient (Wildman–Crippen LogP) is 0.689. The van der Waals surface area contributed by atoms with Gasteiger partial charge in [0.05, 0.1) is 6.61 Å². The fourth-order valence-electron chi connectivity index (χ4n) is 2.25. The Morgan fingerprint density at radius 1 is 1.57 bits per heavy atom. The highest BCUT2D eigenvalue weighted by Gasteiger charge is 2.22. The molecule has 0 bridgehead atoms. The quantitative estimate of drug-likeness (QED) is 0.685. The van der Waals surface area contributed by atoms with Crippen LogP contribution in [-0.2, 0) is 0 Å². The third-order valence-corrected chi connectivity index (χ3v) is 3.27. The monoisotopic (exact) mass is 200 g/mol. The van der Waals surface area contributed by atoms with E-state index in [0.29, 0.717) is 6.04 Å². The molecule has 1 saturated heterocycles. The van der Waals surface area contributed by atoms with Crippen molar-refractivity contribution in [3.63, 3.8) is 0 Å². The van der Waals surface area contributed by atoms with Crippen LogP contribution in [0.5, 0.6) is 0 Å². The number of nitrogens with zero attached hydrogens (tertiary/aromatic N) is 1. The zero-order valence-electron chi connectivity index (χ0n) is 9.50. The normalized spacial score (nSPS) is 26.4. The second kappa shape index (κ2) is 6.38. The van der Waals surface area contributed by atoms with Gasteiger partial charge in [0.15, 0.2) is 0 Å². The summed E-state index contributed by atoms with van der Waals surface area (Å²) in [5, 5.41) is 12.1. The summed E-state index contributed by atoms with van der Waals surface area (Å²) in [6.07, 6.45) is 2.65. The van der Waals surface area contributed by atoms with Crippen LogP contribution in [0, 0.1) is 5.92 Å². The molecule has 0 aromatic heterocycles. The van der Waals surface area contributed by atoms with Gasteiger partial charge in [-0.3, -0.25) is 0 Å². The molecule has 1 heterocycles. The molecule has 84 valence electrons. The van der Waals surface area contributed by atoms with E-state index in [1.807, 2.05) is 0 Å². The van der Waals surface area contributed by atoms with Gasteiger partial charge >= 0.3 is 0 Å². The first-order valence-corrected chi connectivity index (χ1v) is 5.84. The highest BCUT2D eigenvalue weighted by Crippen LogP contribution is 2.19. The van der Waals surface area contributed by atoms with Crippen molar-refractivity contribution in [3.8, 4) is 0 Å². The lowest BCUT2D eigenvalue weighted by atomic mass is 9.91. The number of hydrogen-bond donors (Lipinski definition) is 2. The van der Waals surface area contributed by atoms with Crippen molar-refractivity contribution in [3.05, 3.63) is 0 Å². The van der Waals surface area contributed by atoms with Crippen molar-refractivity contribution >= 4 is 0 Å². The Kier molecular flexibility index (Phi) is 5.45. The van der Waals surface area contributed by atoms with Crippen molar-refractivity contribution < 1.29 is 5.11 Å². The van der Waals surface area contributed by atoms with E-state index in [1.165, 1.54) is 32.5 Å². The lowest BCUT2D eigenvalue weighted by Crippen LogP contribution is -2.44. The van der Waals surface area contributed by atoms with Crippen molar-refractivity contribution in [1.82, 2.24) is 10.2 Å². The smallest absolute Gasteiger partial charge is 0.0556 e. The summed E-state index contributed by atoms with van der Waals surface area (Å²) in [6.45, 7) is 9.09. The summed E-state index contributed by atoms with van der Waals surface area (Å²) in [5.74, 6) is 0.759. The van der Waals surface area contributed by atoms with Gasteiger partial charge in [-0.15, -0.1) is 0 Å². The molecule has 3 nitrogen and oxygen atoms in total. The van der Waals surface area contributed by atoms with Gasteiger partial charge in [0.1, 0.15) is 0 Å². The zero-order valence-corrected chi connectivity index (χ0v) is 9.50. The molecule has 2 unspecified atom stereocenters. The molecule has 0 aromatic rings. The summed E-state index contributed by atoms with van der Waals surface area (Å²) in [6, 6.07) is 0.538. The Morgan fingerprint density at radius 3 is 3.00 bits per heavy atom. The molecule has 0 spiro atoms. The lowest BCUT2D eigenvalue weighted by molar-refractivity contribution is 0.154. The van der Waals surface area contributed by atoms with Gasteiger partial charge in [0.25, 0.3) is 0 Å². The Balaban J connectivity index is 2.27. The maximum Gasteiger partial charge on any atom is 0.0556 e. The number of piperidine rings is 1. The molecule has 2 N–H and O–H groups in total. The summed E-state index contributed by atoms with van der Waals surface area (Å²) in [7, 11) is 0. The lowest BCUT2D eigenvalue weighted by Gasteiger charge is -2.35. The second-order valence-corrected chi connectivity index (χ2v) is 4.26. The van der Waals surface area contributed by atoms with Gasteiger partial charge in [-0.2, -0.15) is 0 Å². The van der Waals surface area contributed by atoms with Gasteiger partial charge in [-0.1, -0.05) is 6.92 Å². The van der Waals surface area contributed by atoms with Crippen LogP contribution in [0.3, 0.4) is 0 Å². The first-order valence-electron chi connectivity index (χ1n) is 5.84. The van der Waals surface area contributed by atoms with Crippen LogP contribution in [0.2, 0.25) is 0 Å². The summed E-state index contributed by atoms with van der Waals surface area (Å²) in [4.78, 5) is 2.52. The largest absolute Gasteiger partial charge is 0.395 e. The zero-order chi connectivity index (χ0) is 10.4. The van der Waals surface area contributed by atoms with Crippen molar-refractivity contribution in [1.29, 1.82) is 0 Å². The number of rotatable bonds is 5. The third kappa shape index (κ3) is 3.56. The molecule has 1 rings (SSSR count). The number of likely N-dealkylation sites (tertiary alicyclic amines) is 1. The van der Waals surface area contributed by atoms with Crippen LogP contribution in [0.15, 0.2) is 0 Å². The summed E-state index contributed by atoms with van der Waals surface area (Å²) >= 11 is 0. The fraction of sp³-hybridized carbons (Fsp3) is 1.00. The Hall–Kier alpha value is -0.120. The highest BCUT2D eigenvalue weighted by molar-refractivity contribution is 4.79. The standard InChI is InChI=1S/C11H24N2O/c1-3-13-7-4-5-11(9-13)10(2)12-6-8-14/h10-12,14H,3-9H2,1-2H3. The second-order valence-electron chi connectivity index (χ2n) is 4.26. The third-order valence-electron chi connectivity index (χ3n) is 3.27. The van der Waals surface area contributed by atoms with E-state index in [-0.39, 0.29) is 6.61 Å². The van der Waals surface area contributed by atoms with Crippen molar-refractivity contribution in [2.45, 2.75) is 32.7 Å². The van der Waals surface area contributed by atoms with E-state index in [9.17, 15) is 0 Å². The molecule has 1 fully saturated rings. The first kappa shape index (κ1) is 12.0. The Labute approximate surface area is 87.5 Å². The van der Waals surface area contributed by atoms with Crippen LogP contribution in [0.25, 0.3) is 0 Å². The van der Waals surface area contributed by atoms with Crippen LogP contribution in [-0.4, -0.2) is 48.8 Å². The van der Waals surface area contributed by atoms with E-state index in [4.69, 9.17) is 5.11 Å². The number of nitrogens with one attached hydrogen (secondary N) is 1. The van der Waals surface area contributed by atoms with Crippen molar-refractivity contribution in [2.75, 3.05) is 32.8 Å². The predicted molar refractivity (Wildman–Crippen MR) is 59.4 cm³/mol. The van der Waals surface area contributed by atoms with E-state index >= 15 is 0 Å². The molecule has 3 heteroatoms. The van der Waals surface area contributed by atoms with Gasteiger partial charge in [-0.25, -0.2) is 0 Å². The minimum absolute atomic E-state index is 0.245. The molecule has 0 aromatic carbocycles. The molecule has 14 heavy (non-hydrogen) atoms. The number of hydrogen-bond acceptors (Lipinski definition) is 3. The highest BCUT2D eigenvalue weighted by atomic mass is 16.3. The average molecular weight is 200 g/mol. The van der Waals surface area contributed by atoms with Crippen molar-refractivity contribution in [2.24, 2.45) is 5.92 Å². The Morgan fingerprint density at radius 2 is 2.36 bits per heavy atom. The van der Waals surface area contributed by atoms with Crippen LogP contribution in [0.1, 0.15) is 26.7 Å². The fourth-order valence-corrected chi connectivity index (χ4v) is 2.25. The molecule has 1 aliphatic heterocycles. The molecule has 1 aliphatic rings. The molecular formula is C11H24N2O. The maximum atomic E-state index is 8.74. The summed E-state index contributed by atoms with van der Waals surface area (Å²) in [5.41, 5.74) is 0. The minimum atomic E-state index is 0.245. The molecule has 0 saturated carbocycles. The number of aliphatic hydroxyl groups excluding tert-OH is 1. The average Bonchev–Trinajstić information content (AvgIpc) is 2.26. The van der Waals surface area contributed by atoms with Gasteiger partial charge in [0, 0.05) is 19.1 Å². The van der Waals surface area contributed by atoms with Crippen LogP contribution in [0.4, 0.5) is 0 Å². The van der Waals surface area contributed by atoms with E-state index in [1.54, 1.807) is 0 Å². The van der Waals surface area contributed by atoms with E-state index in [2.05, 4.69) is 24.1 Å². The maximum absolute atomic E-state index is 8.74. The van der Waals surface area contributed by atoms with Gasteiger partial charge < -0.3 is 15.3 Å². The molecular weight excluding hydrogens is 176 g/mol. The minimum Gasteiger partial charge on any atom is -0.395 e. The first-order chi connectivity index (χ1) is 6.77. The summed E-state index contributed by atoms with van der Waals surface area (Å²) < 4.78 is 0. The van der Waals surface area contributed by atoms with E-state index < -0.39 is 0 Å². The van der Waals surface area contributed by atoms with E-state index in [0.717, 1.165) is 12.5 Å². The Bertz CT molecular complexity index is 152. The molecule has 0 radical (unpaired) electrons. The molecule has 0 aliphatic carbocycles. The number of aliphatic hydroxyl groups is 1. The molecule has 2 atom stereocenters. The van der Waals surface area contributed by atoms with Gasteiger partial charge in [0.2, 0.25) is 0 Å².